The van der Waals surface area contributed by atoms with Gasteiger partial charge in [-0.25, -0.2) is 18.4 Å². The lowest BCUT2D eigenvalue weighted by molar-refractivity contribution is -0.257. The third kappa shape index (κ3) is 9.84. The van der Waals surface area contributed by atoms with Crippen molar-refractivity contribution in [1.82, 2.24) is 19.6 Å². The number of ether oxygens (including phenoxy) is 4. The van der Waals surface area contributed by atoms with Gasteiger partial charge in [0.15, 0.2) is 5.78 Å². The fourth-order valence-electron chi connectivity index (χ4n) is 8.26. The molecule has 3 fully saturated rings. The van der Waals surface area contributed by atoms with Crippen LogP contribution in [0.5, 0.6) is 11.6 Å². The first-order valence-corrected chi connectivity index (χ1v) is 21.5. The highest BCUT2D eigenvalue weighted by atomic mass is 32.2. The van der Waals surface area contributed by atoms with Crippen molar-refractivity contribution in [2.45, 2.75) is 115 Å². The molecule has 0 unspecified atom stereocenters. The number of methoxy groups -OCH3 is 2. The number of nitrogens with one attached hydrogen (secondary N) is 1. The van der Waals surface area contributed by atoms with E-state index in [2.05, 4.69) is 14.7 Å². The number of fused-ring (bicyclic) bond motifs is 3. The molecule has 3 heterocycles. The summed E-state index contributed by atoms with van der Waals surface area (Å²) in [7, 11) is -1.02. The highest BCUT2D eigenvalue weighted by Gasteiger charge is 2.62. The van der Waals surface area contributed by atoms with Crippen LogP contribution in [0.3, 0.4) is 0 Å². The zero-order valence-corrected chi connectivity index (χ0v) is 35.0. The molecule has 1 aromatic carbocycles. The summed E-state index contributed by atoms with van der Waals surface area (Å²) in [6, 6.07) is 3.93. The van der Waals surface area contributed by atoms with Crippen LogP contribution in [0.2, 0.25) is 0 Å². The molecule has 2 aliphatic carbocycles. The molecule has 0 radical (unpaired) electrons. The summed E-state index contributed by atoms with van der Waals surface area (Å²) in [4.78, 5) is 67.4. The van der Waals surface area contributed by atoms with E-state index in [1.807, 2.05) is 19.1 Å². The smallest absolute Gasteiger partial charge is 0.427 e. The average molecular weight is 851 g/mol. The van der Waals surface area contributed by atoms with Gasteiger partial charge in [-0.1, -0.05) is 19.1 Å². The monoisotopic (exact) mass is 850 g/mol. The summed E-state index contributed by atoms with van der Waals surface area (Å²) in [5.74, 6) is -5.02. The molecule has 14 nitrogen and oxygen atoms in total. The quantitative estimate of drug-likeness (QED) is 0.225. The van der Waals surface area contributed by atoms with Crippen LogP contribution in [0.15, 0.2) is 30.4 Å². The van der Waals surface area contributed by atoms with Crippen LogP contribution < -0.4 is 14.2 Å². The van der Waals surface area contributed by atoms with Gasteiger partial charge in [0.05, 0.1) is 53.7 Å². The number of ketones is 1. The number of hydrogen-bond donors (Lipinski definition) is 1. The second-order valence-corrected chi connectivity index (χ2v) is 19.1. The van der Waals surface area contributed by atoms with Crippen molar-refractivity contribution in [3.8, 4) is 11.6 Å². The third-order valence-corrected chi connectivity index (χ3v) is 13.9. The Balaban J connectivity index is 1.37. The van der Waals surface area contributed by atoms with E-state index in [9.17, 15) is 36.0 Å². The van der Waals surface area contributed by atoms with Gasteiger partial charge in [0.25, 0.3) is 0 Å². The number of aromatic nitrogens is 2. The number of nitrogens with zero attached hydrogens (tertiary/aromatic N) is 3. The molecular weight excluding hydrogens is 798 g/mol. The standard InChI is InChI=1S/C41H53F3N4O10S/c1-23-9-7-8-10-26-19-40(26,38(52)47-59(53,54)29-12-13-29)20-34(49)33-17-28(57-36-24(2)45-31-14-11-27(56-6)16-32(31)46-36)21-48(33)37(51)30(25(15-23)22-55-5)18-35(50)58-39(3,4)41(42,43)44/h8,10-11,14,16,23,25-26,28-30,33H,7,9,12-13,15,17-22H2,1-6H3,(H,47,52)/b10-8-/t23-,25-,26+,28+,30-,33-,40+/m0/s1. The van der Waals surface area contributed by atoms with E-state index in [0.717, 1.165) is 13.8 Å². The molecule has 6 rings (SSSR count). The third-order valence-electron chi connectivity index (χ3n) is 12.1. The number of benzene rings is 1. The fraction of sp³-hybridized carbons (Fsp3) is 0.659. The van der Waals surface area contributed by atoms with Crippen LogP contribution in [0, 0.1) is 36.0 Å². The van der Waals surface area contributed by atoms with Gasteiger partial charge in [0, 0.05) is 32.6 Å². The number of carbonyl (C=O) groups is 4. The van der Waals surface area contributed by atoms with E-state index in [0.29, 0.717) is 54.6 Å². The zero-order chi connectivity index (χ0) is 43.1. The topological polar surface area (TPSA) is 180 Å². The molecule has 2 aliphatic heterocycles. The van der Waals surface area contributed by atoms with E-state index in [4.69, 9.17) is 18.9 Å². The average Bonchev–Trinajstić information content (AvgIpc) is 4.08. The predicted octanol–water partition coefficient (Wildman–Crippen LogP) is 5.40. The number of aryl methyl sites for hydroxylation is 1. The van der Waals surface area contributed by atoms with E-state index in [1.165, 1.54) is 19.1 Å². The highest BCUT2D eigenvalue weighted by Crippen LogP contribution is 2.57. The molecule has 7 atom stereocenters. The Morgan fingerprint density at radius 2 is 1.78 bits per heavy atom. The van der Waals surface area contributed by atoms with Gasteiger partial charge in [-0.3, -0.25) is 23.9 Å². The van der Waals surface area contributed by atoms with Crippen molar-refractivity contribution in [2.24, 2.45) is 29.1 Å². The number of halogens is 3. The summed E-state index contributed by atoms with van der Waals surface area (Å²) < 4.78 is 91.8. The van der Waals surface area contributed by atoms with E-state index >= 15 is 4.79 Å². The molecule has 4 aliphatic rings. The van der Waals surface area contributed by atoms with Crippen molar-refractivity contribution in [2.75, 3.05) is 27.4 Å². The van der Waals surface area contributed by atoms with Gasteiger partial charge in [-0.15, -0.1) is 0 Å². The minimum absolute atomic E-state index is 0.0188. The Bertz CT molecular complexity index is 2090. The maximum atomic E-state index is 15.0. The van der Waals surface area contributed by atoms with Crippen LogP contribution in [0.1, 0.15) is 84.3 Å². The Hall–Kier alpha value is -4.32. The number of alkyl halides is 3. The van der Waals surface area contributed by atoms with Crippen molar-refractivity contribution < 1.29 is 59.7 Å². The van der Waals surface area contributed by atoms with Gasteiger partial charge in [0.2, 0.25) is 33.3 Å². The minimum atomic E-state index is -4.89. The first-order valence-electron chi connectivity index (χ1n) is 20.0. The maximum absolute atomic E-state index is 15.0. The Morgan fingerprint density at radius 3 is 2.44 bits per heavy atom. The lowest BCUT2D eigenvalue weighted by Crippen LogP contribution is -2.49. The number of carbonyl (C=O) groups excluding carboxylic acids is 4. The fourth-order valence-corrected chi connectivity index (χ4v) is 9.64. The zero-order valence-electron chi connectivity index (χ0n) is 34.2. The van der Waals surface area contributed by atoms with Gasteiger partial charge in [-0.05, 0) is 89.2 Å². The first kappa shape index (κ1) is 44.2. The molecule has 18 heteroatoms. The summed E-state index contributed by atoms with van der Waals surface area (Å²) in [6.07, 6.45) is -0.600. The molecule has 0 spiro atoms. The number of amides is 2. The Labute approximate surface area is 342 Å². The second kappa shape index (κ2) is 17.0. The summed E-state index contributed by atoms with van der Waals surface area (Å²) in [5, 5.41) is -0.677. The van der Waals surface area contributed by atoms with Gasteiger partial charge < -0.3 is 23.8 Å². The van der Waals surface area contributed by atoms with Crippen LogP contribution in [-0.4, -0.2) is 103 Å². The number of Topliss-reactive ketones (excluding diaryl/α,β-unsaturated/α-hetero) is 1. The van der Waals surface area contributed by atoms with Gasteiger partial charge in [-0.2, -0.15) is 13.2 Å². The number of sulfonamides is 1. The molecule has 2 aromatic rings. The maximum Gasteiger partial charge on any atom is 0.427 e. The van der Waals surface area contributed by atoms with Gasteiger partial charge in [0.1, 0.15) is 17.5 Å². The van der Waals surface area contributed by atoms with Crippen molar-refractivity contribution >= 4 is 44.6 Å². The molecule has 59 heavy (non-hydrogen) atoms. The van der Waals surface area contributed by atoms with E-state index in [1.54, 1.807) is 25.1 Å². The van der Waals surface area contributed by atoms with Crippen LogP contribution in [0.4, 0.5) is 13.2 Å². The molecule has 0 bridgehead atoms. The predicted molar refractivity (Wildman–Crippen MR) is 207 cm³/mol. The Kier molecular flexibility index (Phi) is 12.7. The second-order valence-electron chi connectivity index (χ2n) is 17.1. The largest absolute Gasteiger partial charge is 0.497 e. The SMILES string of the molecule is COC[C@@H]1C[C@@H](C)CC/C=C\[C@@H]2C[C@@]2(C(=O)NS(=O)(=O)C2CC2)CC(=O)[C@@H]2C[C@@H](Oc3nc4cc(OC)ccc4nc3C)CN2C(=O)[C@H]1CC(=O)OC(C)(C)C(F)(F)F. The number of esters is 1. The van der Waals surface area contributed by atoms with Crippen LogP contribution in [-0.2, 0) is 38.7 Å². The lowest BCUT2D eigenvalue weighted by atomic mass is 9.81. The summed E-state index contributed by atoms with van der Waals surface area (Å²) in [6.45, 7) is 4.89. The lowest BCUT2D eigenvalue weighted by Gasteiger charge is -2.34. The van der Waals surface area contributed by atoms with Crippen LogP contribution >= 0.6 is 0 Å². The van der Waals surface area contributed by atoms with Crippen molar-refractivity contribution in [3.63, 3.8) is 0 Å². The number of allylic oxidation sites excluding steroid dienone is 2. The van der Waals surface area contributed by atoms with E-state index in [-0.39, 0.29) is 37.8 Å². The van der Waals surface area contributed by atoms with Crippen LogP contribution in [0.25, 0.3) is 11.0 Å². The minimum Gasteiger partial charge on any atom is -0.497 e. The molecule has 1 aromatic heterocycles. The summed E-state index contributed by atoms with van der Waals surface area (Å²) >= 11 is 0. The molecule has 1 saturated heterocycles. The first-order chi connectivity index (χ1) is 27.7. The number of rotatable bonds is 11. The normalized spacial score (nSPS) is 28.8. The van der Waals surface area contributed by atoms with Crippen molar-refractivity contribution in [1.29, 1.82) is 0 Å². The molecule has 324 valence electrons. The molecule has 2 amide bonds. The molecular formula is C41H53F3N4O10S. The van der Waals surface area contributed by atoms with E-state index < -0.39 is 98.8 Å². The molecule has 2 saturated carbocycles. The highest BCUT2D eigenvalue weighted by molar-refractivity contribution is 7.90. The van der Waals surface area contributed by atoms with Crippen molar-refractivity contribution in [3.05, 3.63) is 36.0 Å². The molecule has 1 N–H and O–H groups in total. The number of hydrogen-bond acceptors (Lipinski definition) is 12. The summed E-state index contributed by atoms with van der Waals surface area (Å²) in [5.41, 5.74) is -2.78. The van der Waals surface area contributed by atoms with Gasteiger partial charge >= 0.3 is 12.1 Å². The Morgan fingerprint density at radius 1 is 1.05 bits per heavy atom.